The van der Waals surface area contributed by atoms with E-state index in [9.17, 15) is 4.79 Å². The summed E-state index contributed by atoms with van der Waals surface area (Å²) in [6, 6.07) is 7.32. The highest BCUT2D eigenvalue weighted by Gasteiger charge is 2.25. The molecule has 3 heterocycles. The van der Waals surface area contributed by atoms with E-state index in [2.05, 4.69) is 15.2 Å². The van der Waals surface area contributed by atoms with Crippen molar-refractivity contribution in [3.63, 3.8) is 0 Å². The molecule has 2 aromatic heterocycles. The third-order valence-corrected chi connectivity index (χ3v) is 4.37. The molecule has 1 aliphatic heterocycles. The van der Waals surface area contributed by atoms with Crippen molar-refractivity contribution in [3.05, 3.63) is 48.0 Å². The number of ether oxygens (including phenoxy) is 1. The molecule has 1 aliphatic rings. The van der Waals surface area contributed by atoms with Crippen LogP contribution in [-0.2, 0) is 0 Å². The topological polar surface area (TPSA) is 67.6 Å². The number of nitrogens with zero attached hydrogens (tertiary/aromatic N) is 2. The summed E-state index contributed by atoms with van der Waals surface area (Å²) in [4.78, 5) is 18.8. The van der Waals surface area contributed by atoms with Crippen LogP contribution in [0.4, 0.5) is 0 Å². The largest absolute Gasteiger partial charge is 0.481 e. The highest BCUT2D eigenvalue weighted by Crippen LogP contribution is 2.24. The number of nitrogens with one attached hydrogen (secondary N) is 1. The van der Waals surface area contributed by atoms with Crippen LogP contribution in [-0.4, -0.2) is 42.5 Å². The lowest BCUT2D eigenvalue weighted by molar-refractivity contribution is 0.0913. The zero-order valence-corrected chi connectivity index (χ0v) is 13.9. The molecule has 0 aromatic carbocycles. The van der Waals surface area contributed by atoms with E-state index < -0.39 is 0 Å². The lowest BCUT2D eigenvalue weighted by Crippen LogP contribution is -2.40. The van der Waals surface area contributed by atoms with Gasteiger partial charge in [-0.25, -0.2) is 4.98 Å². The fraction of sp³-hybridized carbons (Fsp3) is 0.444. The average molecular weight is 329 g/mol. The Morgan fingerprint density at radius 2 is 2.17 bits per heavy atom. The molecule has 1 atom stereocenters. The minimum Gasteiger partial charge on any atom is -0.481 e. The second-order valence-corrected chi connectivity index (χ2v) is 5.93. The summed E-state index contributed by atoms with van der Waals surface area (Å²) in [6.07, 6.45) is 6.85. The number of carbonyl (C=O) groups is 1. The van der Waals surface area contributed by atoms with E-state index in [-0.39, 0.29) is 11.9 Å². The summed E-state index contributed by atoms with van der Waals surface area (Å²) in [5.74, 6) is 1.25. The Bertz CT molecular complexity index is 634. The predicted octanol–water partition coefficient (Wildman–Crippen LogP) is 2.64. The average Bonchev–Trinajstić information content (AvgIpc) is 3.17. The molecule has 0 unspecified atom stereocenters. The molecule has 0 bridgehead atoms. The van der Waals surface area contributed by atoms with Gasteiger partial charge in [0.05, 0.1) is 25.0 Å². The van der Waals surface area contributed by atoms with E-state index in [1.54, 1.807) is 25.5 Å². The van der Waals surface area contributed by atoms with E-state index in [0.29, 0.717) is 18.0 Å². The van der Waals surface area contributed by atoms with Crippen LogP contribution in [0.5, 0.6) is 5.88 Å². The van der Waals surface area contributed by atoms with Gasteiger partial charge in [0.2, 0.25) is 5.88 Å². The number of hydrogen-bond acceptors (Lipinski definition) is 5. The fourth-order valence-corrected chi connectivity index (χ4v) is 3.05. The zero-order chi connectivity index (χ0) is 16.8. The molecule has 2 aromatic rings. The van der Waals surface area contributed by atoms with Gasteiger partial charge in [0, 0.05) is 18.8 Å². The van der Waals surface area contributed by atoms with Gasteiger partial charge in [-0.2, -0.15) is 0 Å². The molecule has 6 heteroatoms. The van der Waals surface area contributed by atoms with Gasteiger partial charge in [0.25, 0.3) is 5.91 Å². The van der Waals surface area contributed by atoms with E-state index in [1.807, 2.05) is 12.1 Å². The van der Waals surface area contributed by atoms with Gasteiger partial charge in [0.15, 0.2) is 0 Å². The number of rotatable bonds is 6. The Labute approximate surface area is 141 Å². The van der Waals surface area contributed by atoms with Crippen molar-refractivity contribution in [3.8, 4) is 5.88 Å². The van der Waals surface area contributed by atoms with E-state index in [1.165, 1.54) is 25.5 Å². The maximum Gasteiger partial charge on any atom is 0.252 e. The molecule has 0 radical (unpaired) electrons. The number of likely N-dealkylation sites (tertiary alicyclic amines) is 1. The zero-order valence-electron chi connectivity index (χ0n) is 13.9. The standard InChI is InChI=1S/C18H23N3O3/c1-23-17-8-7-14(12-19-17)18(22)20-13-15(16-6-5-11-24-16)21-9-3-2-4-10-21/h5-8,11-12,15H,2-4,9-10,13H2,1H3,(H,20,22)/t15-/m1/s1. The van der Waals surface area contributed by atoms with E-state index in [4.69, 9.17) is 9.15 Å². The Kier molecular flexibility index (Phi) is 5.48. The Balaban J connectivity index is 1.65. The number of methoxy groups -OCH3 is 1. The number of amides is 1. The number of furan rings is 1. The van der Waals surface area contributed by atoms with Crippen LogP contribution in [0.15, 0.2) is 41.1 Å². The van der Waals surface area contributed by atoms with Crippen LogP contribution in [0.1, 0.15) is 41.4 Å². The summed E-state index contributed by atoms with van der Waals surface area (Å²) in [6.45, 7) is 2.58. The van der Waals surface area contributed by atoms with Crippen LogP contribution in [0.25, 0.3) is 0 Å². The summed E-state index contributed by atoms with van der Waals surface area (Å²) >= 11 is 0. The minimum absolute atomic E-state index is 0.0652. The molecule has 3 rings (SSSR count). The summed E-state index contributed by atoms with van der Waals surface area (Å²) in [7, 11) is 1.55. The first-order valence-corrected chi connectivity index (χ1v) is 8.33. The molecule has 0 spiro atoms. The molecule has 6 nitrogen and oxygen atoms in total. The first-order valence-electron chi connectivity index (χ1n) is 8.33. The molecule has 0 saturated carbocycles. The van der Waals surface area contributed by atoms with Crippen LogP contribution in [0, 0.1) is 0 Å². The van der Waals surface area contributed by atoms with Gasteiger partial charge in [-0.15, -0.1) is 0 Å². The van der Waals surface area contributed by atoms with E-state index in [0.717, 1.165) is 18.8 Å². The second kappa shape index (κ2) is 7.97. The van der Waals surface area contributed by atoms with Gasteiger partial charge in [-0.05, 0) is 44.1 Å². The molecule has 1 saturated heterocycles. The second-order valence-electron chi connectivity index (χ2n) is 5.93. The number of pyridine rings is 1. The molecule has 1 N–H and O–H groups in total. The summed E-state index contributed by atoms with van der Waals surface area (Å²) < 4.78 is 10.6. The Morgan fingerprint density at radius 3 is 2.79 bits per heavy atom. The van der Waals surface area contributed by atoms with Crippen LogP contribution < -0.4 is 10.1 Å². The molecule has 128 valence electrons. The van der Waals surface area contributed by atoms with Crippen LogP contribution >= 0.6 is 0 Å². The monoisotopic (exact) mass is 329 g/mol. The van der Waals surface area contributed by atoms with Crippen molar-refractivity contribution in [1.82, 2.24) is 15.2 Å². The highest BCUT2D eigenvalue weighted by molar-refractivity contribution is 5.93. The molecule has 1 amide bonds. The van der Waals surface area contributed by atoms with Crippen molar-refractivity contribution in [1.29, 1.82) is 0 Å². The quantitative estimate of drug-likeness (QED) is 0.882. The van der Waals surface area contributed by atoms with Crippen LogP contribution in [0.3, 0.4) is 0 Å². The molecule has 0 aliphatic carbocycles. The van der Waals surface area contributed by atoms with E-state index >= 15 is 0 Å². The number of aromatic nitrogens is 1. The highest BCUT2D eigenvalue weighted by atomic mass is 16.5. The maximum absolute atomic E-state index is 12.4. The predicted molar refractivity (Wildman–Crippen MR) is 90.0 cm³/mol. The van der Waals surface area contributed by atoms with Crippen molar-refractivity contribution >= 4 is 5.91 Å². The summed E-state index contributed by atoms with van der Waals surface area (Å²) in [5.41, 5.74) is 0.521. The first kappa shape index (κ1) is 16.5. The molecule has 24 heavy (non-hydrogen) atoms. The number of carbonyl (C=O) groups excluding carboxylic acids is 1. The van der Waals surface area contributed by atoms with Gasteiger partial charge < -0.3 is 14.5 Å². The first-order chi connectivity index (χ1) is 11.8. The SMILES string of the molecule is COc1ccc(C(=O)NC[C@H](c2ccco2)N2CCCCC2)cn1. The third-order valence-electron chi connectivity index (χ3n) is 4.37. The maximum atomic E-state index is 12.4. The minimum atomic E-state index is -0.140. The summed E-state index contributed by atoms with van der Waals surface area (Å²) in [5, 5.41) is 3.00. The van der Waals surface area contributed by atoms with Crippen molar-refractivity contribution in [2.24, 2.45) is 0 Å². The normalized spacial score (nSPS) is 16.5. The third kappa shape index (κ3) is 3.94. The van der Waals surface area contributed by atoms with Gasteiger partial charge >= 0.3 is 0 Å². The lowest BCUT2D eigenvalue weighted by atomic mass is 10.1. The fourth-order valence-electron chi connectivity index (χ4n) is 3.05. The lowest BCUT2D eigenvalue weighted by Gasteiger charge is -2.33. The van der Waals surface area contributed by atoms with Gasteiger partial charge in [-0.3, -0.25) is 9.69 Å². The molecule has 1 fully saturated rings. The van der Waals surface area contributed by atoms with Crippen molar-refractivity contribution in [2.75, 3.05) is 26.7 Å². The van der Waals surface area contributed by atoms with Crippen molar-refractivity contribution in [2.45, 2.75) is 25.3 Å². The van der Waals surface area contributed by atoms with Crippen molar-refractivity contribution < 1.29 is 13.9 Å². The Hall–Kier alpha value is -2.34. The van der Waals surface area contributed by atoms with Gasteiger partial charge in [-0.1, -0.05) is 6.42 Å². The smallest absolute Gasteiger partial charge is 0.252 e. The number of hydrogen-bond donors (Lipinski definition) is 1. The number of piperidine rings is 1. The van der Waals surface area contributed by atoms with Gasteiger partial charge in [0.1, 0.15) is 5.76 Å². The molecular formula is C18H23N3O3. The van der Waals surface area contributed by atoms with Crippen LogP contribution in [0.2, 0.25) is 0 Å². The molecular weight excluding hydrogens is 306 g/mol. The Morgan fingerprint density at radius 1 is 1.33 bits per heavy atom.